The van der Waals surface area contributed by atoms with Crippen LogP contribution in [0.15, 0.2) is 24.4 Å². The first-order valence-electron chi connectivity index (χ1n) is 6.07. The normalized spacial score (nSPS) is 11.8. The summed E-state index contributed by atoms with van der Waals surface area (Å²) in [6, 6.07) is 5.23. The van der Waals surface area contributed by atoms with Gasteiger partial charge in [-0.2, -0.15) is 0 Å². The molecule has 2 N–H and O–H groups in total. The number of nitrogens with zero attached hydrogens (tertiary/aromatic N) is 1. The second kappa shape index (κ2) is 7.42. The number of rotatable bonds is 7. The lowest BCUT2D eigenvalue weighted by atomic mass is 9.98. The minimum atomic E-state index is -0.831. The number of hydrogen-bond acceptors (Lipinski definition) is 3. The zero-order valence-corrected chi connectivity index (χ0v) is 10.4. The molecule has 1 aromatic rings. The molecule has 1 atom stereocenters. The Morgan fingerprint density at radius 3 is 2.72 bits per heavy atom. The first-order valence-corrected chi connectivity index (χ1v) is 6.07. The molecule has 0 unspecified atom stereocenters. The zero-order valence-electron chi connectivity index (χ0n) is 10.4. The molecular weight excluding hydrogens is 232 g/mol. The van der Waals surface area contributed by atoms with Gasteiger partial charge in [0, 0.05) is 12.6 Å². The van der Waals surface area contributed by atoms with E-state index in [9.17, 15) is 9.59 Å². The molecule has 0 bridgehead atoms. The van der Waals surface area contributed by atoms with Gasteiger partial charge in [0.1, 0.15) is 5.82 Å². The number of anilines is 1. The number of aromatic nitrogens is 1. The summed E-state index contributed by atoms with van der Waals surface area (Å²) in [4.78, 5) is 26.5. The van der Waals surface area contributed by atoms with Gasteiger partial charge < -0.3 is 10.4 Å². The van der Waals surface area contributed by atoms with Gasteiger partial charge in [-0.3, -0.25) is 9.59 Å². The highest BCUT2D eigenvalue weighted by molar-refractivity contribution is 5.89. The van der Waals surface area contributed by atoms with E-state index in [4.69, 9.17) is 5.11 Å². The Morgan fingerprint density at radius 1 is 1.39 bits per heavy atom. The van der Waals surface area contributed by atoms with Crippen molar-refractivity contribution in [3.8, 4) is 0 Å². The lowest BCUT2D eigenvalue weighted by Gasteiger charge is -2.10. The van der Waals surface area contributed by atoms with Crippen LogP contribution in [0.5, 0.6) is 0 Å². The number of carboxylic acids is 1. The molecule has 1 heterocycles. The van der Waals surface area contributed by atoms with Gasteiger partial charge >= 0.3 is 5.97 Å². The summed E-state index contributed by atoms with van der Waals surface area (Å²) < 4.78 is 0. The van der Waals surface area contributed by atoms with Crippen LogP contribution in [0, 0.1) is 5.92 Å². The second-order valence-corrected chi connectivity index (χ2v) is 4.13. The highest BCUT2D eigenvalue weighted by Crippen LogP contribution is 2.14. The zero-order chi connectivity index (χ0) is 13.4. The lowest BCUT2D eigenvalue weighted by molar-refractivity contribution is -0.142. The largest absolute Gasteiger partial charge is 0.481 e. The number of pyridine rings is 1. The van der Waals surface area contributed by atoms with Crippen molar-refractivity contribution in [1.29, 1.82) is 0 Å². The number of carboxylic acid groups (broad SMARTS) is 1. The fraction of sp³-hybridized carbons (Fsp3) is 0.462. The van der Waals surface area contributed by atoms with E-state index in [1.165, 1.54) is 0 Å². The monoisotopic (exact) mass is 250 g/mol. The highest BCUT2D eigenvalue weighted by Gasteiger charge is 2.17. The molecule has 0 spiro atoms. The third kappa shape index (κ3) is 4.95. The van der Waals surface area contributed by atoms with Crippen molar-refractivity contribution in [3.05, 3.63) is 24.4 Å². The van der Waals surface area contributed by atoms with Crippen LogP contribution in [-0.2, 0) is 9.59 Å². The van der Waals surface area contributed by atoms with Crippen molar-refractivity contribution in [2.45, 2.75) is 32.6 Å². The van der Waals surface area contributed by atoms with Crippen molar-refractivity contribution < 1.29 is 14.7 Å². The van der Waals surface area contributed by atoms with Gasteiger partial charge in [-0.15, -0.1) is 0 Å². The first kappa shape index (κ1) is 14.2. The number of nitrogens with one attached hydrogen (secondary N) is 1. The minimum absolute atomic E-state index is 0.198. The molecule has 0 saturated carbocycles. The molecule has 0 aliphatic heterocycles. The summed E-state index contributed by atoms with van der Waals surface area (Å²) in [5.74, 6) is -0.979. The summed E-state index contributed by atoms with van der Waals surface area (Å²) >= 11 is 0. The van der Waals surface area contributed by atoms with Gasteiger partial charge in [-0.1, -0.05) is 19.4 Å². The molecule has 5 nitrogen and oxygen atoms in total. The minimum Gasteiger partial charge on any atom is -0.481 e. The maximum absolute atomic E-state index is 11.6. The molecule has 98 valence electrons. The van der Waals surface area contributed by atoms with Gasteiger partial charge in [0.25, 0.3) is 0 Å². The molecule has 0 aliphatic carbocycles. The van der Waals surface area contributed by atoms with Crippen LogP contribution in [0.1, 0.15) is 32.6 Å². The quantitative estimate of drug-likeness (QED) is 0.778. The van der Waals surface area contributed by atoms with Crippen molar-refractivity contribution in [2.24, 2.45) is 5.92 Å². The summed E-state index contributed by atoms with van der Waals surface area (Å²) in [6.07, 6.45) is 3.56. The topological polar surface area (TPSA) is 79.3 Å². The molecule has 1 aromatic heterocycles. The standard InChI is InChI=1S/C13H18N2O3/c1-2-5-10(13(17)18)7-8-12(16)15-11-6-3-4-9-14-11/h3-4,6,9-10H,2,5,7-8H2,1H3,(H,17,18)(H,14,15,16)/t10-/m1/s1. The Bertz CT molecular complexity index is 392. The van der Waals surface area contributed by atoms with E-state index in [1.54, 1.807) is 24.4 Å². The molecule has 5 heteroatoms. The van der Waals surface area contributed by atoms with Crippen LogP contribution in [0.4, 0.5) is 5.82 Å². The van der Waals surface area contributed by atoms with Gasteiger partial charge in [-0.25, -0.2) is 4.98 Å². The number of carbonyl (C=O) groups excluding carboxylic acids is 1. The van der Waals surface area contributed by atoms with E-state index in [1.807, 2.05) is 6.92 Å². The molecule has 0 aromatic carbocycles. The third-order valence-electron chi connectivity index (χ3n) is 2.64. The van der Waals surface area contributed by atoms with Gasteiger partial charge in [0.05, 0.1) is 5.92 Å². The maximum Gasteiger partial charge on any atom is 0.306 e. The molecule has 0 saturated heterocycles. The number of amides is 1. The van der Waals surface area contributed by atoms with Crippen LogP contribution in [0.25, 0.3) is 0 Å². The Morgan fingerprint density at radius 2 is 2.17 bits per heavy atom. The number of carbonyl (C=O) groups is 2. The van der Waals surface area contributed by atoms with E-state index in [0.29, 0.717) is 18.7 Å². The summed E-state index contributed by atoms with van der Waals surface area (Å²) in [6.45, 7) is 1.93. The molecule has 1 rings (SSSR count). The predicted molar refractivity (Wildman–Crippen MR) is 68.1 cm³/mol. The average Bonchev–Trinajstić information content (AvgIpc) is 2.35. The maximum atomic E-state index is 11.6. The van der Waals surface area contributed by atoms with Gasteiger partial charge in [-0.05, 0) is 25.0 Å². The summed E-state index contributed by atoms with van der Waals surface area (Å²) in [5, 5.41) is 11.6. The fourth-order valence-electron chi connectivity index (χ4n) is 1.69. The first-order chi connectivity index (χ1) is 8.63. The Labute approximate surface area is 106 Å². The molecule has 0 aliphatic rings. The SMILES string of the molecule is CCC[C@H](CCC(=O)Nc1ccccn1)C(=O)O. The molecule has 18 heavy (non-hydrogen) atoms. The Balaban J connectivity index is 2.38. The Kier molecular flexibility index (Phi) is 5.84. The van der Waals surface area contributed by atoms with E-state index in [-0.39, 0.29) is 12.3 Å². The van der Waals surface area contributed by atoms with E-state index in [2.05, 4.69) is 10.3 Å². The molecule has 1 amide bonds. The van der Waals surface area contributed by atoms with Crippen LogP contribution in [-0.4, -0.2) is 22.0 Å². The lowest BCUT2D eigenvalue weighted by Crippen LogP contribution is -2.18. The van der Waals surface area contributed by atoms with E-state index in [0.717, 1.165) is 6.42 Å². The van der Waals surface area contributed by atoms with Crippen molar-refractivity contribution in [3.63, 3.8) is 0 Å². The van der Waals surface area contributed by atoms with Gasteiger partial charge in [0.15, 0.2) is 0 Å². The fourth-order valence-corrected chi connectivity index (χ4v) is 1.69. The van der Waals surface area contributed by atoms with E-state index >= 15 is 0 Å². The van der Waals surface area contributed by atoms with Crippen molar-refractivity contribution in [1.82, 2.24) is 4.98 Å². The number of aliphatic carboxylic acids is 1. The van der Waals surface area contributed by atoms with Crippen LogP contribution in [0.2, 0.25) is 0 Å². The average molecular weight is 250 g/mol. The van der Waals surface area contributed by atoms with E-state index < -0.39 is 11.9 Å². The molecular formula is C13H18N2O3. The molecule has 0 fully saturated rings. The predicted octanol–water partition coefficient (Wildman–Crippen LogP) is 2.30. The highest BCUT2D eigenvalue weighted by atomic mass is 16.4. The van der Waals surface area contributed by atoms with Crippen LogP contribution < -0.4 is 5.32 Å². The van der Waals surface area contributed by atoms with Crippen LogP contribution in [0.3, 0.4) is 0 Å². The van der Waals surface area contributed by atoms with Crippen molar-refractivity contribution >= 4 is 17.7 Å². The van der Waals surface area contributed by atoms with Crippen molar-refractivity contribution in [2.75, 3.05) is 5.32 Å². The summed E-state index contributed by atoms with van der Waals surface area (Å²) in [7, 11) is 0. The smallest absolute Gasteiger partial charge is 0.306 e. The second-order valence-electron chi connectivity index (χ2n) is 4.13. The summed E-state index contributed by atoms with van der Waals surface area (Å²) in [5.41, 5.74) is 0. The molecule has 0 radical (unpaired) electrons. The van der Waals surface area contributed by atoms with Gasteiger partial charge in [0.2, 0.25) is 5.91 Å². The van der Waals surface area contributed by atoms with Crippen LogP contribution >= 0.6 is 0 Å². The Hall–Kier alpha value is -1.91. The number of hydrogen-bond donors (Lipinski definition) is 2. The third-order valence-corrected chi connectivity index (χ3v) is 2.64.